The first-order chi connectivity index (χ1) is 16.2. The van der Waals surface area contributed by atoms with E-state index in [-0.39, 0.29) is 18.0 Å². The minimum atomic E-state index is 0. The van der Waals surface area contributed by atoms with E-state index in [1.807, 2.05) is 39.4 Å². The summed E-state index contributed by atoms with van der Waals surface area (Å²) in [6.07, 6.45) is 7.85. The summed E-state index contributed by atoms with van der Waals surface area (Å²) in [4.78, 5) is 19.4. The molecule has 1 N–H and O–H groups in total. The number of hydrogen-bond acceptors (Lipinski definition) is 3. The molecule has 4 heterocycles. The molecule has 1 aliphatic heterocycles. The van der Waals surface area contributed by atoms with E-state index in [1.165, 1.54) is 44.5 Å². The fourth-order valence-electron chi connectivity index (χ4n) is 5.27. The number of aryl methyl sites for hydroxylation is 1. The van der Waals surface area contributed by atoms with Gasteiger partial charge in [-0.05, 0) is 61.8 Å². The smallest absolute Gasteiger partial charge is 0.275 e. The summed E-state index contributed by atoms with van der Waals surface area (Å²) in [7, 11) is 1.61. The van der Waals surface area contributed by atoms with Crippen LogP contribution in [-0.4, -0.2) is 40.7 Å². The number of methoxy groups -OCH3 is 1. The summed E-state index contributed by atoms with van der Waals surface area (Å²) in [5.74, 6) is 1.38. The fraction of sp³-hybridized carbons (Fsp3) is 0.407. The molecular weight excluding hydrogens is 448 g/mol. The highest BCUT2D eigenvalue weighted by Gasteiger charge is 2.22. The number of halogens is 1. The zero-order chi connectivity index (χ0) is 22.6. The Labute approximate surface area is 206 Å². The first-order valence-electron chi connectivity index (χ1n) is 12.1. The van der Waals surface area contributed by atoms with Gasteiger partial charge < -0.3 is 26.6 Å². The normalized spacial score (nSPS) is 18.1. The van der Waals surface area contributed by atoms with Crippen molar-refractivity contribution in [2.45, 2.75) is 38.6 Å². The third-order valence-electron chi connectivity index (χ3n) is 7.11. The number of nitrogens with one attached hydrogen (secondary N) is 1. The van der Waals surface area contributed by atoms with Crippen LogP contribution in [-0.2, 0) is 13.0 Å². The fourth-order valence-corrected chi connectivity index (χ4v) is 5.27. The predicted molar refractivity (Wildman–Crippen MR) is 131 cm³/mol. The third kappa shape index (κ3) is 5.13. The number of quaternary nitrogens is 1. The van der Waals surface area contributed by atoms with Crippen LogP contribution in [0.4, 0.5) is 0 Å². The van der Waals surface area contributed by atoms with Crippen molar-refractivity contribution in [2.24, 2.45) is 5.92 Å². The Kier molecular flexibility index (Phi) is 7.91. The van der Waals surface area contributed by atoms with E-state index in [2.05, 4.69) is 35.3 Å². The van der Waals surface area contributed by atoms with Gasteiger partial charge in [-0.3, -0.25) is 9.20 Å². The van der Waals surface area contributed by atoms with Gasteiger partial charge in [0.15, 0.2) is 5.65 Å². The molecule has 1 aliphatic rings. The van der Waals surface area contributed by atoms with Gasteiger partial charge in [0.05, 0.1) is 32.3 Å². The molecule has 1 saturated heterocycles. The van der Waals surface area contributed by atoms with E-state index in [0.717, 1.165) is 36.5 Å². The molecular formula is C27H33ClN4O2. The Morgan fingerprint density at radius 1 is 1.00 bits per heavy atom. The molecule has 1 aromatic carbocycles. The first-order valence-corrected chi connectivity index (χ1v) is 12.1. The highest BCUT2D eigenvalue weighted by atomic mass is 35.5. The minimum Gasteiger partial charge on any atom is -1.00 e. The third-order valence-corrected chi connectivity index (χ3v) is 7.11. The summed E-state index contributed by atoms with van der Waals surface area (Å²) in [5, 5.41) is 0. The number of rotatable bonds is 8. The number of ether oxygens (including phenoxy) is 1. The summed E-state index contributed by atoms with van der Waals surface area (Å²) < 4.78 is 9.06. The van der Waals surface area contributed by atoms with Crippen molar-refractivity contribution in [3.63, 3.8) is 0 Å². The van der Waals surface area contributed by atoms with Gasteiger partial charge in [-0.25, -0.2) is 0 Å². The van der Waals surface area contributed by atoms with Crippen LogP contribution in [0.15, 0.2) is 65.6 Å². The number of benzene rings is 1. The number of unbranched alkanes of at least 4 members (excludes halogenated alkanes) is 1. The maximum atomic E-state index is 13.1. The lowest BCUT2D eigenvalue weighted by atomic mass is 9.90. The average Bonchev–Trinajstić information content (AvgIpc) is 3.35. The van der Waals surface area contributed by atoms with E-state index < -0.39 is 0 Å². The standard InChI is InChI=1S/C27H32N4O2.ClH/c1-33-25-12-11-23-26(28-25)30-17-7-10-24(30)27(32)31(23)16-6-5-15-29-18-13-22(14-19-29)20-21-8-3-2-4-9-21;/h2-4,7-12,17,22H,5-6,13-16,18-20H2,1H3;1H. The van der Waals surface area contributed by atoms with Crippen LogP contribution in [0.1, 0.15) is 31.2 Å². The van der Waals surface area contributed by atoms with Crippen molar-refractivity contribution in [1.82, 2.24) is 14.0 Å². The van der Waals surface area contributed by atoms with Crippen LogP contribution in [0.5, 0.6) is 5.88 Å². The molecule has 0 radical (unpaired) electrons. The second kappa shape index (κ2) is 11.1. The van der Waals surface area contributed by atoms with Crippen molar-refractivity contribution >= 4 is 16.7 Å². The molecule has 0 aliphatic carbocycles. The molecule has 4 aromatic rings. The maximum absolute atomic E-state index is 13.1. The Hall–Kier alpha value is -2.83. The Balaban J connectivity index is 0.00000274. The van der Waals surface area contributed by atoms with Gasteiger partial charge in [0.1, 0.15) is 5.52 Å². The highest BCUT2D eigenvalue weighted by Crippen LogP contribution is 2.18. The van der Waals surface area contributed by atoms with Crippen molar-refractivity contribution in [3.8, 4) is 5.88 Å². The van der Waals surface area contributed by atoms with E-state index in [1.54, 1.807) is 12.0 Å². The maximum Gasteiger partial charge on any atom is 0.275 e. The lowest BCUT2D eigenvalue weighted by Crippen LogP contribution is -3.13. The van der Waals surface area contributed by atoms with Crippen LogP contribution in [0.2, 0.25) is 0 Å². The van der Waals surface area contributed by atoms with Gasteiger partial charge in [0, 0.05) is 18.8 Å². The molecule has 0 saturated carbocycles. The topological polar surface area (TPSA) is 53.0 Å². The SMILES string of the molecule is COc1ccc2c(n1)n1cccc1c(=O)n2CCCC[NH+]1CCC(Cc2ccccc2)CC1.[Cl-]. The predicted octanol–water partition coefficient (Wildman–Crippen LogP) is -0.0204. The molecule has 5 rings (SSSR count). The van der Waals surface area contributed by atoms with E-state index in [4.69, 9.17) is 4.74 Å². The van der Waals surface area contributed by atoms with Crippen LogP contribution in [0.3, 0.4) is 0 Å². The molecule has 6 nitrogen and oxygen atoms in total. The van der Waals surface area contributed by atoms with E-state index in [0.29, 0.717) is 11.4 Å². The molecule has 0 atom stereocenters. The Bertz CT molecular complexity index is 1280. The summed E-state index contributed by atoms with van der Waals surface area (Å²) in [5.41, 5.74) is 3.80. The summed E-state index contributed by atoms with van der Waals surface area (Å²) in [6.45, 7) is 4.43. The number of fused-ring (bicyclic) bond motifs is 3. The van der Waals surface area contributed by atoms with Gasteiger partial charge >= 0.3 is 0 Å². The molecule has 0 bridgehead atoms. The van der Waals surface area contributed by atoms with Gasteiger partial charge in [0.25, 0.3) is 5.56 Å². The molecule has 180 valence electrons. The average molecular weight is 481 g/mol. The number of nitrogens with zero attached hydrogens (tertiary/aromatic N) is 3. The largest absolute Gasteiger partial charge is 1.00 e. The van der Waals surface area contributed by atoms with Crippen LogP contribution >= 0.6 is 0 Å². The van der Waals surface area contributed by atoms with Crippen molar-refractivity contribution in [2.75, 3.05) is 26.7 Å². The lowest BCUT2D eigenvalue weighted by molar-refractivity contribution is -0.906. The quantitative estimate of drug-likeness (QED) is 0.361. The highest BCUT2D eigenvalue weighted by molar-refractivity contribution is 5.75. The monoisotopic (exact) mass is 480 g/mol. The minimum absolute atomic E-state index is 0. The lowest BCUT2D eigenvalue weighted by Gasteiger charge is -2.29. The van der Waals surface area contributed by atoms with Gasteiger partial charge in [-0.2, -0.15) is 4.98 Å². The summed E-state index contributed by atoms with van der Waals surface area (Å²) in [6, 6.07) is 18.4. The van der Waals surface area contributed by atoms with Crippen LogP contribution < -0.4 is 27.6 Å². The zero-order valence-electron chi connectivity index (χ0n) is 19.8. The van der Waals surface area contributed by atoms with Crippen molar-refractivity contribution < 1.29 is 22.0 Å². The van der Waals surface area contributed by atoms with Crippen LogP contribution in [0.25, 0.3) is 16.7 Å². The van der Waals surface area contributed by atoms with E-state index >= 15 is 0 Å². The molecule has 3 aromatic heterocycles. The molecule has 1 fully saturated rings. The summed E-state index contributed by atoms with van der Waals surface area (Å²) >= 11 is 0. The number of piperidine rings is 1. The molecule has 7 heteroatoms. The van der Waals surface area contributed by atoms with E-state index in [9.17, 15) is 4.79 Å². The molecule has 0 spiro atoms. The Morgan fingerprint density at radius 2 is 1.79 bits per heavy atom. The van der Waals surface area contributed by atoms with Gasteiger partial charge in [-0.1, -0.05) is 30.3 Å². The molecule has 0 amide bonds. The first kappa shape index (κ1) is 24.3. The second-order valence-electron chi connectivity index (χ2n) is 9.26. The number of pyridine rings is 1. The number of likely N-dealkylation sites (tertiary alicyclic amines) is 1. The van der Waals surface area contributed by atoms with Crippen molar-refractivity contribution in [3.05, 3.63) is 76.7 Å². The Morgan fingerprint density at radius 3 is 2.56 bits per heavy atom. The molecule has 34 heavy (non-hydrogen) atoms. The van der Waals surface area contributed by atoms with Gasteiger partial charge in [0.2, 0.25) is 5.88 Å². The second-order valence-corrected chi connectivity index (χ2v) is 9.26. The zero-order valence-corrected chi connectivity index (χ0v) is 20.5. The number of aromatic nitrogens is 3. The molecule has 0 unspecified atom stereocenters. The van der Waals surface area contributed by atoms with Crippen LogP contribution in [0, 0.1) is 5.92 Å². The van der Waals surface area contributed by atoms with Crippen molar-refractivity contribution in [1.29, 1.82) is 0 Å². The number of hydrogen-bond donors (Lipinski definition) is 1. The van der Waals surface area contributed by atoms with Gasteiger partial charge in [-0.15, -0.1) is 0 Å².